The Morgan fingerprint density at radius 3 is 2.19 bits per heavy atom. The molecule has 1 atom stereocenters. The van der Waals surface area contributed by atoms with Crippen LogP contribution >= 0.6 is 23.4 Å². The van der Waals surface area contributed by atoms with Crippen molar-refractivity contribution in [3.8, 4) is 22.4 Å². The Bertz CT molecular complexity index is 2880. The fourth-order valence-electron chi connectivity index (χ4n) is 9.32. The first kappa shape index (κ1) is 50.4. The zero-order valence-electron chi connectivity index (χ0n) is 40.0. The van der Waals surface area contributed by atoms with E-state index in [9.17, 15) is 28.4 Å². The first-order valence-corrected chi connectivity index (χ1v) is 26.5. The summed E-state index contributed by atoms with van der Waals surface area (Å²) in [7, 11) is 1.77. The SMILES string of the molecule is Cc1c(C(=O)N[C@H]2CC[C@@H](O)CC2)c(-c2cccc(N3CCN(c4ccc(NS(=O)(=O)c5ccc(N[C@H](CCN(C)C)CSc6ccccc6)c([N+](=O)[O-])c5)cc4)CC3)c2)c(-c2ccc(Cl)cc2)n1C. The summed E-state index contributed by atoms with van der Waals surface area (Å²) in [6.07, 6.45) is 3.22. The van der Waals surface area contributed by atoms with E-state index in [0.717, 1.165) is 89.3 Å². The number of thioether (sulfide) groups is 1. The number of carbonyl (C=O) groups is 1. The molecular weight excluding hydrogens is 944 g/mol. The van der Waals surface area contributed by atoms with Gasteiger partial charge >= 0.3 is 0 Å². The molecule has 0 bridgehead atoms. The monoisotopic (exact) mass is 1000 g/mol. The third kappa shape index (κ3) is 12.1. The normalized spacial score (nSPS) is 16.8. The van der Waals surface area contributed by atoms with Gasteiger partial charge in [0.25, 0.3) is 21.6 Å². The first-order chi connectivity index (χ1) is 33.6. The first-order valence-electron chi connectivity index (χ1n) is 23.7. The van der Waals surface area contributed by atoms with Gasteiger partial charge in [-0.15, -0.1) is 11.8 Å². The highest BCUT2D eigenvalue weighted by atomic mass is 35.5. The van der Waals surface area contributed by atoms with Crippen molar-refractivity contribution in [3.63, 3.8) is 0 Å². The van der Waals surface area contributed by atoms with Crippen LogP contribution in [0.5, 0.6) is 0 Å². The molecule has 0 radical (unpaired) electrons. The Morgan fingerprint density at radius 2 is 1.53 bits per heavy atom. The van der Waals surface area contributed by atoms with Crippen LogP contribution < -0.4 is 25.2 Å². The summed E-state index contributed by atoms with van der Waals surface area (Å²) in [5.74, 6) is 0.540. The summed E-state index contributed by atoms with van der Waals surface area (Å²) in [6.45, 7) is 5.62. The van der Waals surface area contributed by atoms with Gasteiger partial charge in [0.2, 0.25) is 0 Å². The fraction of sp³-hybridized carbons (Fsp3) is 0.340. The standard InChI is InChI=1S/C53H61ClN8O6S2/c1-36-50(53(64)56-40-19-23-45(63)24-20-40)51(52(59(36)4)37-13-15-39(54)16-14-37)38-9-8-10-44(33-38)61-31-29-60(30-32-61)43-21-17-41(18-22-43)57-70(67,68)47-25-26-48(49(34-47)62(65)66)55-42(27-28-58(2)3)35-69-46-11-6-5-7-12-46/h5-18,21-22,25-26,33-34,40,42,45,55,57,63H,19-20,23-24,27-32,35H2,1-4H3,(H,56,64)/t40-,42-,45+/m1/s1. The molecule has 0 unspecified atom stereocenters. The molecule has 1 amide bonds. The van der Waals surface area contributed by atoms with E-state index in [-0.39, 0.29) is 40.4 Å². The van der Waals surface area contributed by atoms with E-state index in [4.69, 9.17) is 11.6 Å². The van der Waals surface area contributed by atoms with Crippen LogP contribution in [-0.2, 0) is 17.1 Å². The third-order valence-corrected chi connectivity index (χ3v) is 16.1. The van der Waals surface area contributed by atoms with Crippen molar-refractivity contribution < 1.29 is 23.2 Å². The molecule has 17 heteroatoms. The van der Waals surface area contributed by atoms with Crippen LogP contribution in [0.25, 0.3) is 22.4 Å². The average Bonchev–Trinajstić information content (AvgIpc) is 3.62. The highest BCUT2D eigenvalue weighted by molar-refractivity contribution is 7.99. The lowest BCUT2D eigenvalue weighted by Gasteiger charge is -2.37. The Morgan fingerprint density at radius 1 is 0.857 bits per heavy atom. The number of amides is 1. The van der Waals surface area contributed by atoms with Crippen molar-refractivity contribution in [2.45, 2.75) is 67.0 Å². The fourth-order valence-corrected chi connectivity index (χ4v) is 11.5. The van der Waals surface area contributed by atoms with Gasteiger partial charge in [-0.1, -0.05) is 54.1 Å². The molecule has 1 saturated heterocycles. The molecule has 1 aliphatic carbocycles. The van der Waals surface area contributed by atoms with Crippen molar-refractivity contribution in [1.29, 1.82) is 0 Å². The second-order valence-electron chi connectivity index (χ2n) is 18.4. The molecule has 14 nitrogen and oxygen atoms in total. The highest BCUT2D eigenvalue weighted by Gasteiger charge is 2.30. The number of aliphatic hydroxyl groups is 1. The minimum absolute atomic E-state index is 0.00462. The Balaban J connectivity index is 0.938. The number of piperazine rings is 1. The predicted molar refractivity (Wildman–Crippen MR) is 284 cm³/mol. The Hall–Kier alpha value is -6.04. The number of carbonyl (C=O) groups excluding carboxylic acids is 1. The van der Waals surface area contributed by atoms with Gasteiger partial charge in [-0.05, 0) is 144 Å². The van der Waals surface area contributed by atoms with Crippen LogP contribution in [0.15, 0.2) is 131 Å². The van der Waals surface area contributed by atoms with Crippen LogP contribution in [0.4, 0.5) is 28.4 Å². The smallest absolute Gasteiger partial charge is 0.293 e. The van der Waals surface area contributed by atoms with E-state index in [0.29, 0.717) is 48.0 Å². The number of nitrogens with one attached hydrogen (secondary N) is 3. The van der Waals surface area contributed by atoms with Crippen LogP contribution in [-0.4, -0.2) is 105 Å². The predicted octanol–water partition coefficient (Wildman–Crippen LogP) is 9.91. The molecule has 4 N–H and O–H groups in total. The second-order valence-corrected chi connectivity index (χ2v) is 21.6. The van der Waals surface area contributed by atoms with Gasteiger partial charge in [-0.3, -0.25) is 19.6 Å². The molecule has 2 heterocycles. The number of nitro benzene ring substituents is 1. The second kappa shape index (κ2) is 22.4. The zero-order valence-corrected chi connectivity index (χ0v) is 42.4. The topological polar surface area (TPSA) is 165 Å². The molecular formula is C53H61ClN8O6S2. The van der Waals surface area contributed by atoms with Gasteiger partial charge in [0.1, 0.15) is 5.69 Å². The van der Waals surface area contributed by atoms with E-state index in [2.05, 4.69) is 52.8 Å². The van der Waals surface area contributed by atoms with E-state index in [1.54, 1.807) is 23.9 Å². The van der Waals surface area contributed by atoms with Crippen molar-refractivity contribution >= 4 is 67.7 Å². The maximum Gasteiger partial charge on any atom is 0.293 e. The summed E-state index contributed by atoms with van der Waals surface area (Å²) in [4.78, 5) is 33.6. The summed E-state index contributed by atoms with van der Waals surface area (Å²) < 4.78 is 32.0. The summed E-state index contributed by atoms with van der Waals surface area (Å²) in [6, 6.07) is 37.0. The lowest BCUT2D eigenvalue weighted by Crippen LogP contribution is -2.46. The van der Waals surface area contributed by atoms with Crippen LogP contribution in [0.2, 0.25) is 5.02 Å². The van der Waals surface area contributed by atoms with Gasteiger partial charge in [0, 0.05) is 95.4 Å². The lowest BCUT2D eigenvalue weighted by molar-refractivity contribution is -0.384. The molecule has 1 aromatic heterocycles. The number of nitrogens with zero attached hydrogens (tertiary/aromatic N) is 5. The molecule has 2 aliphatic rings. The van der Waals surface area contributed by atoms with Crippen molar-refractivity contribution in [2.75, 3.05) is 72.4 Å². The minimum atomic E-state index is -4.17. The molecule has 8 rings (SSSR count). The van der Waals surface area contributed by atoms with Crippen LogP contribution in [0.1, 0.15) is 48.2 Å². The van der Waals surface area contributed by atoms with Gasteiger partial charge in [0.15, 0.2) is 0 Å². The maximum absolute atomic E-state index is 14.2. The van der Waals surface area contributed by atoms with E-state index < -0.39 is 14.9 Å². The van der Waals surface area contributed by atoms with Crippen molar-refractivity contribution in [1.82, 2.24) is 14.8 Å². The lowest BCUT2D eigenvalue weighted by atomic mass is 9.92. The van der Waals surface area contributed by atoms with Crippen molar-refractivity contribution in [3.05, 3.63) is 148 Å². The Kier molecular flexibility index (Phi) is 16.1. The minimum Gasteiger partial charge on any atom is -0.393 e. The Labute approximate surface area is 420 Å². The number of nitro groups is 1. The number of anilines is 4. The van der Waals surface area contributed by atoms with E-state index >= 15 is 0 Å². The molecule has 5 aromatic carbocycles. The molecule has 1 saturated carbocycles. The van der Waals surface area contributed by atoms with Gasteiger partial charge in [0.05, 0.1) is 27.2 Å². The van der Waals surface area contributed by atoms with Gasteiger partial charge < -0.3 is 35.0 Å². The zero-order chi connectivity index (χ0) is 49.5. The van der Waals surface area contributed by atoms with Gasteiger partial charge in [-0.25, -0.2) is 8.42 Å². The highest BCUT2D eigenvalue weighted by Crippen LogP contribution is 2.41. The third-order valence-electron chi connectivity index (χ3n) is 13.3. The quantitative estimate of drug-likeness (QED) is 0.0368. The number of sulfonamides is 1. The molecule has 1 aliphatic heterocycles. The molecule has 6 aromatic rings. The van der Waals surface area contributed by atoms with Crippen LogP contribution in [0, 0.1) is 17.0 Å². The average molecular weight is 1010 g/mol. The molecule has 0 spiro atoms. The van der Waals surface area contributed by atoms with E-state index in [1.807, 2.05) is 101 Å². The number of halogens is 1. The maximum atomic E-state index is 14.2. The number of aliphatic hydroxyl groups excluding tert-OH is 1. The van der Waals surface area contributed by atoms with Crippen LogP contribution in [0.3, 0.4) is 0 Å². The van der Waals surface area contributed by atoms with E-state index in [1.165, 1.54) is 12.1 Å². The van der Waals surface area contributed by atoms with Gasteiger partial charge in [-0.2, -0.15) is 0 Å². The number of aromatic nitrogens is 1. The summed E-state index contributed by atoms with van der Waals surface area (Å²) in [5, 5.41) is 29.7. The number of benzene rings is 5. The number of hydrogen-bond donors (Lipinski definition) is 4. The number of rotatable bonds is 18. The molecule has 368 valence electrons. The molecule has 2 fully saturated rings. The largest absolute Gasteiger partial charge is 0.393 e. The summed E-state index contributed by atoms with van der Waals surface area (Å²) >= 11 is 7.98. The van der Waals surface area contributed by atoms with Crippen molar-refractivity contribution in [2.24, 2.45) is 7.05 Å². The summed E-state index contributed by atoms with van der Waals surface area (Å²) in [5.41, 5.74) is 7.40. The number of hydrogen-bond acceptors (Lipinski definition) is 11. The molecule has 70 heavy (non-hydrogen) atoms.